The number of thioether (sulfide) groups is 1. The van der Waals surface area contributed by atoms with Gasteiger partial charge in [-0.3, -0.25) is 14.9 Å². The van der Waals surface area contributed by atoms with Gasteiger partial charge in [-0.05, 0) is 36.0 Å². The van der Waals surface area contributed by atoms with Gasteiger partial charge in [0.2, 0.25) is 5.12 Å². The third-order valence-electron chi connectivity index (χ3n) is 2.87. The Bertz CT molecular complexity index is 794. The summed E-state index contributed by atoms with van der Waals surface area (Å²) >= 11 is 0.961. The Morgan fingerprint density at radius 1 is 1.14 bits per heavy atom. The minimum absolute atomic E-state index is 0.0414. The molecule has 1 N–H and O–H groups in total. The van der Waals surface area contributed by atoms with E-state index in [0.29, 0.717) is 10.7 Å². The second-order valence-corrected chi connectivity index (χ2v) is 5.21. The molecule has 0 saturated heterocycles. The van der Waals surface area contributed by atoms with E-state index in [-0.39, 0.29) is 10.8 Å². The number of imidazole rings is 1. The fourth-order valence-corrected chi connectivity index (χ4v) is 2.58. The molecular weight excluding hydrogens is 290 g/mol. The average molecular weight is 299 g/mol. The van der Waals surface area contributed by atoms with E-state index in [0.717, 1.165) is 22.8 Å². The number of para-hydroxylation sites is 2. The predicted molar refractivity (Wildman–Crippen MR) is 79.4 cm³/mol. The van der Waals surface area contributed by atoms with Crippen LogP contribution in [-0.2, 0) is 0 Å². The second kappa shape index (κ2) is 5.37. The van der Waals surface area contributed by atoms with E-state index in [1.807, 2.05) is 24.3 Å². The number of H-pyrrole nitrogens is 1. The number of hydrogen-bond acceptors (Lipinski definition) is 5. The molecule has 0 atom stereocenters. The van der Waals surface area contributed by atoms with Crippen LogP contribution in [0.4, 0.5) is 5.69 Å². The molecule has 0 aliphatic carbocycles. The van der Waals surface area contributed by atoms with Crippen molar-refractivity contribution < 1.29 is 9.72 Å². The Morgan fingerprint density at radius 2 is 1.86 bits per heavy atom. The molecule has 2 aromatic carbocycles. The monoisotopic (exact) mass is 299 g/mol. The molecule has 0 bridgehead atoms. The summed E-state index contributed by atoms with van der Waals surface area (Å²) in [5.74, 6) is 0. The topological polar surface area (TPSA) is 88.9 Å². The van der Waals surface area contributed by atoms with Crippen molar-refractivity contribution in [3.8, 4) is 0 Å². The number of nitro groups is 1. The Morgan fingerprint density at radius 3 is 2.52 bits per heavy atom. The first-order chi connectivity index (χ1) is 10.1. The van der Waals surface area contributed by atoms with Gasteiger partial charge < -0.3 is 4.98 Å². The molecule has 0 saturated carbocycles. The minimum Gasteiger partial charge on any atom is -0.333 e. The summed E-state index contributed by atoms with van der Waals surface area (Å²) in [6, 6.07) is 13.0. The third-order valence-corrected chi connectivity index (χ3v) is 3.68. The van der Waals surface area contributed by atoms with Gasteiger partial charge in [-0.15, -0.1) is 0 Å². The SMILES string of the molecule is O=C(Sc1nc2ccccc2[nH]1)c1ccc([N+](=O)[O-])cc1. The van der Waals surface area contributed by atoms with Crippen molar-refractivity contribution in [3.63, 3.8) is 0 Å². The van der Waals surface area contributed by atoms with Gasteiger partial charge in [0.15, 0.2) is 5.16 Å². The number of carbonyl (C=O) groups excluding carboxylic acids is 1. The standard InChI is InChI=1S/C14H9N3O3S/c18-13(9-5-7-10(8-6-9)17(19)20)21-14-15-11-3-1-2-4-12(11)16-14/h1-8H,(H,15,16). The smallest absolute Gasteiger partial charge is 0.269 e. The zero-order valence-corrected chi connectivity index (χ0v) is 11.5. The number of carbonyl (C=O) groups is 1. The minimum atomic E-state index is -0.499. The summed E-state index contributed by atoms with van der Waals surface area (Å²) in [5.41, 5.74) is 2.00. The van der Waals surface area contributed by atoms with E-state index in [4.69, 9.17) is 0 Å². The maximum absolute atomic E-state index is 12.1. The maximum Gasteiger partial charge on any atom is 0.269 e. The Kier molecular flexibility index (Phi) is 3.41. The van der Waals surface area contributed by atoms with Crippen LogP contribution >= 0.6 is 11.8 Å². The Hall–Kier alpha value is -2.67. The fraction of sp³-hybridized carbons (Fsp3) is 0. The number of aromatic nitrogens is 2. The van der Waals surface area contributed by atoms with Crippen LogP contribution < -0.4 is 0 Å². The summed E-state index contributed by atoms with van der Waals surface area (Å²) in [7, 11) is 0. The summed E-state index contributed by atoms with van der Waals surface area (Å²) < 4.78 is 0. The number of rotatable bonds is 3. The van der Waals surface area contributed by atoms with Gasteiger partial charge in [0.05, 0.1) is 16.0 Å². The van der Waals surface area contributed by atoms with Crippen LogP contribution in [-0.4, -0.2) is 20.0 Å². The number of nitrogens with one attached hydrogen (secondary N) is 1. The van der Waals surface area contributed by atoms with E-state index < -0.39 is 4.92 Å². The van der Waals surface area contributed by atoms with Crippen LogP contribution in [0.5, 0.6) is 0 Å². The summed E-state index contributed by atoms with van der Waals surface area (Å²) in [6.07, 6.45) is 0. The van der Waals surface area contributed by atoms with Crippen LogP contribution in [0.25, 0.3) is 11.0 Å². The highest BCUT2D eigenvalue weighted by Gasteiger charge is 2.13. The van der Waals surface area contributed by atoms with Crippen molar-refractivity contribution in [1.82, 2.24) is 9.97 Å². The molecule has 7 heteroatoms. The number of aromatic amines is 1. The molecule has 0 fully saturated rings. The zero-order valence-electron chi connectivity index (χ0n) is 10.6. The van der Waals surface area contributed by atoms with E-state index in [9.17, 15) is 14.9 Å². The van der Waals surface area contributed by atoms with Gasteiger partial charge >= 0.3 is 0 Å². The van der Waals surface area contributed by atoms with E-state index in [2.05, 4.69) is 9.97 Å². The Labute approximate surface area is 123 Å². The molecule has 0 amide bonds. The molecule has 0 radical (unpaired) electrons. The zero-order chi connectivity index (χ0) is 14.8. The summed E-state index contributed by atoms with van der Waals surface area (Å²) in [6.45, 7) is 0. The first kappa shape index (κ1) is 13.3. The van der Waals surface area contributed by atoms with Gasteiger partial charge in [0, 0.05) is 17.7 Å². The van der Waals surface area contributed by atoms with E-state index in [1.165, 1.54) is 24.3 Å². The molecule has 3 rings (SSSR count). The molecule has 1 aromatic heterocycles. The molecular formula is C14H9N3O3S. The van der Waals surface area contributed by atoms with Crippen LogP contribution in [0, 0.1) is 10.1 Å². The number of nitro benzene ring substituents is 1. The van der Waals surface area contributed by atoms with Crippen molar-refractivity contribution in [1.29, 1.82) is 0 Å². The van der Waals surface area contributed by atoms with E-state index >= 15 is 0 Å². The molecule has 1 heterocycles. The average Bonchev–Trinajstić information content (AvgIpc) is 2.89. The molecule has 0 spiro atoms. The van der Waals surface area contributed by atoms with Gasteiger partial charge in [0.25, 0.3) is 5.69 Å². The lowest BCUT2D eigenvalue weighted by Crippen LogP contribution is -1.95. The second-order valence-electron chi connectivity index (χ2n) is 4.25. The van der Waals surface area contributed by atoms with Gasteiger partial charge in [-0.1, -0.05) is 12.1 Å². The summed E-state index contributed by atoms with van der Waals surface area (Å²) in [5, 5.41) is 10.9. The molecule has 6 nitrogen and oxygen atoms in total. The van der Waals surface area contributed by atoms with Crippen LogP contribution in [0.2, 0.25) is 0 Å². The van der Waals surface area contributed by atoms with Crippen LogP contribution in [0.3, 0.4) is 0 Å². The van der Waals surface area contributed by atoms with Gasteiger partial charge in [-0.2, -0.15) is 0 Å². The number of hydrogen-bond donors (Lipinski definition) is 1. The number of fused-ring (bicyclic) bond motifs is 1. The van der Waals surface area contributed by atoms with Crippen LogP contribution in [0.1, 0.15) is 10.4 Å². The highest BCUT2D eigenvalue weighted by molar-refractivity contribution is 8.14. The first-order valence-electron chi connectivity index (χ1n) is 6.05. The molecule has 0 unspecified atom stereocenters. The van der Waals surface area contributed by atoms with Crippen molar-refractivity contribution in [2.75, 3.05) is 0 Å². The first-order valence-corrected chi connectivity index (χ1v) is 6.86. The van der Waals surface area contributed by atoms with Gasteiger partial charge in [-0.25, -0.2) is 4.98 Å². The molecule has 3 aromatic rings. The fourth-order valence-electron chi connectivity index (χ4n) is 1.84. The van der Waals surface area contributed by atoms with Gasteiger partial charge in [0.1, 0.15) is 0 Å². The van der Waals surface area contributed by atoms with Crippen molar-refractivity contribution in [2.45, 2.75) is 5.16 Å². The predicted octanol–water partition coefficient (Wildman–Crippen LogP) is 3.40. The largest absolute Gasteiger partial charge is 0.333 e. The van der Waals surface area contributed by atoms with Crippen molar-refractivity contribution in [2.24, 2.45) is 0 Å². The molecule has 0 aliphatic heterocycles. The number of nitrogens with zero attached hydrogens (tertiary/aromatic N) is 2. The highest BCUT2D eigenvalue weighted by atomic mass is 32.2. The quantitative estimate of drug-likeness (QED) is 0.455. The normalized spacial score (nSPS) is 10.7. The number of benzene rings is 2. The maximum atomic E-state index is 12.1. The lowest BCUT2D eigenvalue weighted by molar-refractivity contribution is -0.384. The molecule has 104 valence electrons. The Balaban J connectivity index is 1.80. The molecule has 0 aliphatic rings. The van der Waals surface area contributed by atoms with E-state index in [1.54, 1.807) is 0 Å². The molecule has 21 heavy (non-hydrogen) atoms. The van der Waals surface area contributed by atoms with Crippen molar-refractivity contribution >= 4 is 33.6 Å². The lowest BCUT2D eigenvalue weighted by Gasteiger charge is -1.97. The van der Waals surface area contributed by atoms with Crippen LogP contribution in [0.15, 0.2) is 53.7 Å². The lowest BCUT2D eigenvalue weighted by atomic mass is 10.2. The summed E-state index contributed by atoms with van der Waals surface area (Å²) in [4.78, 5) is 29.5. The van der Waals surface area contributed by atoms with Crippen molar-refractivity contribution in [3.05, 3.63) is 64.2 Å². The number of non-ortho nitro benzene ring substituents is 1. The third kappa shape index (κ3) is 2.77. The highest BCUT2D eigenvalue weighted by Crippen LogP contribution is 2.24.